The van der Waals surface area contributed by atoms with Gasteiger partial charge in [0.25, 0.3) is 5.91 Å². The molecule has 0 spiro atoms. The molecule has 3 heteroatoms. The summed E-state index contributed by atoms with van der Waals surface area (Å²) in [6.45, 7) is 10.1. The summed E-state index contributed by atoms with van der Waals surface area (Å²) in [6.07, 6.45) is 1.01. The van der Waals surface area contributed by atoms with Crippen LogP contribution in [0.1, 0.15) is 50.0 Å². The monoisotopic (exact) mass is 274 g/mol. The van der Waals surface area contributed by atoms with Crippen molar-refractivity contribution in [1.82, 2.24) is 4.90 Å². The molecule has 0 aromatic heterocycles. The van der Waals surface area contributed by atoms with Crippen molar-refractivity contribution < 1.29 is 4.79 Å². The molecule has 20 heavy (non-hydrogen) atoms. The van der Waals surface area contributed by atoms with Crippen LogP contribution in [-0.4, -0.2) is 29.9 Å². The number of rotatable bonds is 2. The average Bonchev–Trinajstić information content (AvgIpc) is 2.86. The summed E-state index contributed by atoms with van der Waals surface area (Å²) >= 11 is 0. The maximum Gasteiger partial charge on any atom is 0.254 e. The molecule has 1 heterocycles. The highest BCUT2D eigenvalue weighted by Crippen LogP contribution is 2.28. The lowest BCUT2D eigenvalue weighted by Crippen LogP contribution is -2.34. The van der Waals surface area contributed by atoms with E-state index in [0.717, 1.165) is 30.6 Å². The van der Waals surface area contributed by atoms with Crippen LogP contribution < -0.4 is 5.73 Å². The molecule has 2 N–H and O–H groups in total. The van der Waals surface area contributed by atoms with Crippen LogP contribution in [0, 0.1) is 5.92 Å². The number of hydrogen-bond acceptors (Lipinski definition) is 2. The summed E-state index contributed by atoms with van der Waals surface area (Å²) in [5, 5.41) is 0. The Balaban J connectivity index is 2.23. The molecule has 0 aliphatic carbocycles. The molecule has 1 aliphatic rings. The number of hydrogen-bond donors (Lipinski definition) is 1. The third-order valence-corrected chi connectivity index (χ3v) is 4.22. The second kappa shape index (κ2) is 5.57. The predicted octanol–water partition coefficient (Wildman–Crippen LogP) is 2.79. The molecule has 110 valence electrons. The maximum atomic E-state index is 12.8. The molecule has 1 fully saturated rings. The fraction of sp³-hybridized carbons (Fsp3) is 0.588. The van der Waals surface area contributed by atoms with Gasteiger partial charge in [0.2, 0.25) is 0 Å². The van der Waals surface area contributed by atoms with Gasteiger partial charge in [0, 0.05) is 24.7 Å². The van der Waals surface area contributed by atoms with Gasteiger partial charge in [0.15, 0.2) is 0 Å². The van der Waals surface area contributed by atoms with Gasteiger partial charge in [0.05, 0.1) is 0 Å². The van der Waals surface area contributed by atoms with Gasteiger partial charge in [-0.2, -0.15) is 0 Å². The van der Waals surface area contributed by atoms with Crippen molar-refractivity contribution in [3.8, 4) is 0 Å². The number of benzene rings is 1. The molecule has 1 amide bonds. The van der Waals surface area contributed by atoms with Gasteiger partial charge in [-0.15, -0.1) is 0 Å². The third kappa shape index (κ3) is 3.04. The van der Waals surface area contributed by atoms with E-state index in [1.165, 1.54) is 0 Å². The summed E-state index contributed by atoms with van der Waals surface area (Å²) < 4.78 is 0. The Morgan fingerprint density at radius 2 is 2.00 bits per heavy atom. The fourth-order valence-electron chi connectivity index (χ4n) is 2.89. The van der Waals surface area contributed by atoms with Gasteiger partial charge in [-0.25, -0.2) is 0 Å². The summed E-state index contributed by atoms with van der Waals surface area (Å²) in [6, 6.07) is 8.12. The Bertz CT molecular complexity index is 488. The molecule has 1 saturated heterocycles. The molecule has 0 bridgehead atoms. The smallest absolute Gasteiger partial charge is 0.254 e. The Morgan fingerprint density at radius 1 is 1.35 bits per heavy atom. The van der Waals surface area contributed by atoms with Crippen LogP contribution in [0.15, 0.2) is 24.3 Å². The zero-order valence-electron chi connectivity index (χ0n) is 13.0. The molecule has 0 radical (unpaired) electrons. The summed E-state index contributed by atoms with van der Waals surface area (Å²) in [7, 11) is 0. The highest BCUT2D eigenvalue weighted by Gasteiger charge is 2.31. The Hall–Kier alpha value is -1.35. The summed E-state index contributed by atoms with van der Waals surface area (Å²) in [5.74, 6) is 0.583. The zero-order valence-corrected chi connectivity index (χ0v) is 13.0. The van der Waals surface area contributed by atoms with Gasteiger partial charge < -0.3 is 10.6 Å². The molecule has 3 nitrogen and oxygen atoms in total. The first-order valence-corrected chi connectivity index (χ1v) is 7.45. The minimum atomic E-state index is -0.0213. The second-order valence-electron chi connectivity index (χ2n) is 6.95. The van der Waals surface area contributed by atoms with Gasteiger partial charge in [-0.1, -0.05) is 39.0 Å². The zero-order chi connectivity index (χ0) is 14.9. The highest BCUT2D eigenvalue weighted by molar-refractivity contribution is 5.96. The highest BCUT2D eigenvalue weighted by atomic mass is 16.2. The largest absolute Gasteiger partial charge is 0.338 e. The SMILES string of the molecule is CC(N)C1CCN(C(=O)c2ccccc2C(C)(C)C)C1. The molecule has 1 aliphatic heterocycles. The Kier molecular flexibility index (Phi) is 4.19. The van der Waals surface area contributed by atoms with Crippen molar-refractivity contribution in [1.29, 1.82) is 0 Å². The van der Waals surface area contributed by atoms with Gasteiger partial charge >= 0.3 is 0 Å². The molecular formula is C17H26N2O. The van der Waals surface area contributed by atoms with Crippen LogP contribution in [0.3, 0.4) is 0 Å². The van der Waals surface area contributed by atoms with E-state index in [9.17, 15) is 4.79 Å². The molecule has 1 aromatic rings. The number of likely N-dealkylation sites (tertiary alicyclic amines) is 1. The van der Waals surface area contributed by atoms with Crippen molar-refractivity contribution >= 4 is 5.91 Å². The van der Waals surface area contributed by atoms with E-state index in [-0.39, 0.29) is 17.4 Å². The molecule has 0 saturated carbocycles. The topological polar surface area (TPSA) is 46.3 Å². The van der Waals surface area contributed by atoms with Crippen molar-refractivity contribution in [2.24, 2.45) is 11.7 Å². The van der Waals surface area contributed by atoms with Crippen LogP contribution in [-0.2, 0) is 5.41 Å². The third-order valence-electron chi connectivity index (χ3n) is 4.22. The number of carbonyl (C=O) groups excluding carboxylic acids is 1. The second-order valence-corrected chi connectivity index (χ2v) is 6.95. The normalized spacial score (nSPS) is 21.1. The number of nitrogens with two attached hydrogens (primary N) is 1. The molecule has 2 atom stereocenters. The molecule has 2 unspecified atom stereocenters. The van der Waals surface area contributed by atoms with E-state index in [1.807, 2.05) is 30.0 Å². The minimum Gasteiger partial charge on any atom is -0.338 e. The standard InChI is InChI=1S/C17H26N2O/c1-12(18)13-9-10-19(11-13)16(20)14-7-5-6-8-15(14)17(2,3)4/h5-8,12-13H,9-11,18H2,1-4H3. The number of carbonyl (C=O) groups is 1. The van der Waals surface area contributed by atoms with E-state index in [2.05, 4.69) is 26.8 Å². The van der Waals surface area contributed by atoms with Gasteiger partial charge in [-0.05, 0) is 36.3 Å². The van der Waals surface area contributed by atoms with Crippen molar-refractivity contribution in [2.45, 2.75) is 45.6 Å². The maximum absolute atomic E-state index is 12.8. The summed E-state index contributed by atoms with van der Waals surface area (Å²) in [4.78, 5) is 14.7. The average molecular weight is 274 g/mol. The molecular weight excluding hydrogens is 248 g/mol. The van der Waals surface area contributed by atoms with Crippen molar-refractivity contribution in [2.75, 3.05) is 13.1 Å². The van der Waals surface area contributed by atoms with E-state index in [0.29, 0.717) is 5.92 Å². The van der Waals surface area contributed by atoms with Crippen molar-refractivity contribution in [3.05, 3.63) is 35.4 Å². The predicted molar refractivity (Wildman–Crippen MR) is 82.8 cm³/mol. The van der Waals surface area contributed by atoms with Crippen LogP contribution in [0.2, 0.25) is 0 Å². The van der Waals surface area contributed by atoms with Crippen LogP contribution in [0.4, 0.5) is 0 Å². The molecule has 1 aromatic carbocycles. The van der Waals surface area contributed by atoms with Crippen LogP contribution >= 0.6 is 0 Å². The van der Waals surface area contributed by atoms with Gasteiger partial charge in [-0.3, -0.25) is 4.79 Å². The van der Waals surface area contributed by atoms with Crippen LogP contribution in [0.25, 0.3) is 0 Å². The number of amides is 1. The van der Waals surface area contributed by atoms with Gasteiger partial charge in [0.1, 0.15) is 0 Å². The Morgan fingerprint density at radius 3 is 2.55 bits per heavy atom. The lowest BCUT2D eigenvalue weighted by molar-refractivity contribution is 0.0783. The summed E-state index contributed by atoms with van der Waals surface area (Å²) in [5.41, 5.74) is 7.90. The fourth-order valence-corrected chi connectivity index (χ4v) is 2.89. The molecule has 2 rings (SSSR count). The lowest BCUT2D eigenvalue weighted by atomic mass is 9.83. The number of nitrogens with zero attached hydrogens (tertiary/aromatic N) is 1. The quantitative estimate of drug-likeness (QED) is 0.901. The minimum absolute atomic E-state index is 0.0213. The van der Waals surface area contributed by atoms with E-state index in [1.54, 1.807) is 0 Å². The first-order valence-electron chi connectivity index (χ1n) is 7.45. The lowest BCUT2D eigenvalue weighted by Gasteiger charge is -2.25. The van der Waals surface area contributed by atoms with Crippen LogP contribution in [0.5, 0.6) is 0 Å². The first-order chi connectivity index (χ1) is 9.30. The van der Waals surface area contributed by atoms with Crippen molar-refractivity contribution in [3.63, 3.8) is 0 Å². The van der Waals surface area contributed by atoms with E-state index < -0.39 is 0 Å². The first kappa shape index (κ1) is 15.0. The Labute approximate surface area is 122 Å². The van der Waals surface area contributed by atoms with E-state index >= 15 is 0 Å². The van der Waals surface area contributed by atoms with E-state index in [4.69, 9.17) is 5.73 Å².